The van der Waals surface area contributed by atoms with Crippen LogP contribution in [-0.4, -0.2) is 29.9 Å². The van der Waals surface area contributed by atoms with E-state index in [1.54, 1.807) is 31.2 Å². The van der Waals surface area contributed by atoms with Gasteiger partial charge in [0, 0.05) is 18.2 Å². The maximum absolute atomic E-state index is 12.6. The minimum atomic E-state index is -0.178. The molecule has 1 heterocycles. The topological polar surface area (TPSA) is 65.4 Å². The van der Waals surface area contributed by atoms with Crippen LogP contribution in [0.1, 0.15) is 21.6 Å². The highest BCUT2D eigenvalue weighted by atomic mass is 16.5. The molecule has 1 aromatic heterocycles. The molecule has 1 amide bonds. The summed E-state index contributed by atoms with van der Waals surface area (Å²) in [5, 5.41) is 7.25. The van der Waals surface area contributed by atoms with Crippen LogP contribution in [0.4, 0.5) is 0 Å². The highest BCUT2D eigenvalue weighted by Crippen LogP contribution is 2.24. The van der Waals surface area contributed by atoms with Gasteiger partial charge in [0.1, 0.15) is 11.5 Å². The van der Waals surface area contributed by atoms with Gasteiger partial charge in [0.25, 0.3) is 5.91 Å². The molecule has 0 saturated heterocycles. The largest absolute Gasteiger partial charge is 0.497 e. The number of amides is 1. The molecule has 0 spiro atoms. The number of nitrogens with zero attached hydrogens (tertiary/aromatic N) is 2. The van der Waals surface area contributed by atoms with Crippen LogP contribution in [0.15, 0.2) is 54.7 Å². The lowest BCUT2D eigenvalue weighted by molar-refractivity contribution is 0.0950. The molecular weight excluding hydrogens is 330 g/mol. The van der Waals surface area contributed by atoms with Crippen LogP contribution >= 0.6 is 0 Å². The van der Waals surface area contributed by atoms with E-state index in [9.17, 15) is 4.79 Å². The van der Waals surface area contributed by atoms with Gasteiger partial charge in [-0.05, 0) is 31.2 Å². The fourth-order valence-corrected chi connectivity index (χ4v) is 2.73. The van der Waals surface area contributed by atoms with Crippen molar-refractivity contribution in [2.75, 3.05) is 14.2 Å². The highest BCUT2D eigenvalue weighted by molar-refractivity contribution is 5.95. The lowest BCUT2D eigenvalue weighted by Gasteiger charge is -2.11. The second-order valence-electron chi connectivity index (χ2n) is 5.75. The van der Waals surface area contributed by atoms with Crippen molar-refractivity contribution in [2.24, 2.45) is 0 Å². The maximum atomic E-state index is 12.6. The molecule has 6 heteroatoms. The Labute approximate surface area is 152 Å². The molecule has 134 valence electrons. The van der Waals surface area contributed by atoms with E-state index in [1.165, 1.54) is 0 Å². The monoisotopic (exact) mass is 351 g/mol. The Balaban J connectivity index is 1.75. The number of aromatic nitrogens is 2. The molecule has 0 bridgehead atoms. The molecule has 26 heavy (non-hydrogen) atoms. The number of para-hydroxylation sites is 1. The number of hydrogen-bond donors (Lipinski definition) is 1. The number of hydrogen-bond acceptors (Lipinski definition) is 4. The first kappa shape index (κ1) is 17.5. The van der Waals surface area contributed by atoms with Crippen molar-refractivity contribution in [3.63, 3.8) is 0 Å². The number of carbonyl (C=O) groups is 1. The van der Waals surface area contributed by atoms with E-state index >= 15 is 0 Å². The number of carbonyl (C=O) groups excluding carboxylic acids is 1. The summed E-state index contributed by atoms with van der Waals surface area (Å²) in [5.74, 6) is 1.20. The van der Waals surface area contributed by atoms with Crippen molar-refractivity contribution >= 4 is 5.91 Å². The van der Waals surface area contributed by atoms with E-state index in [4.69, 9.17) is 9.47 Å². The van der Waals surface area contributed by atoms with Crippen molar-refractivity contribution < 1.29 is 14.3 Å². The van der Waals surface area contributed by atoms with Crippen molar-refractivity contribution in [3.05, 3.63) is 71.5 Å². The maximum Gasteiger partial charge on any atom is 0.255 e. The molecule has 0 atom stereocenters. The molecule has 0 saturated carbocycles. The van der Waals surface area contributed by atoms with Crippen molar-refractivity contribution in [1.29, 1.82) is 0 Å². The predicted molar refractivity (Wildman–Crippen MR) is 99.0 cm³/mol. The summed E-state index contributed by atoms with van der Waals surface area (Å²) in [5.41, 5.74) is 3.12. The summed E-state index contributed by atoms with van der Waals surface area (Å²) in [6, 6.07) is 15.2. The Hall–Kier alpha value is -3.28. The van der Waals surface area contributed by atoms with E-state index in [1.807, 2.05) is 49.4 Å². The van der Waals surface area contributed by atoms with Gasteiger partial charge in [-0.1, -0.05) is 18.2 Å². The Morgan fingerprint density at radius 3 is 2.58 bits per heavy atom. The standard InChI is InChI=1S/C20H21N3O3/c1-14-18(13-22-23(14)16-7-5-4-6-8-16)20(24)21-12-15-9-10-17(25-2)11-19(15)26-3/h4-11,13H,12H2,1-3H3,(H,21,24). The van der Waals surface area contributed by atoms with Crippen molar-refractivity contribution in [2.45, 2.75) is 13.5 Å². The summed E-state index contributed by atoms with van der Waals surface area (Å²) < 4.78 is 12.3. The second-order valence-corrected chi connectivity index (χ2v) is 5.75. The highest BCUT2D eigenvalue weighted by Gasteiger charge is 2.15. The van der Waals surface area contributed by atoms with Gasteiger partial charge in [-0.15, -0.1) is 0 Å². The number of nitrogens with one attached hydrogen (secondary N) is 1. The molecule has 0 aliphatic heterocycles. The van der Waals surface area contributed by atoms with Gasteiger partial charge in [0.05, 0.1) is 37.4 Å². The summed E-state index contributed by atoms with van der Waals surface area (Å²) >= 11 is 0. The quantitative estimate of drug-likeness (QED) is 0.741. The van der Waals surface area contributed by atoms with Gasteiger partial charge in [0.2, 0.25) is 0 Å². The van der Waals surface area contributed by atoms with Gasteiger partial charge in [0.15, 0.2) is 0 Å². The molecule has 0 radical (unpaired) electrons. The Kier molecular flexibility index (Phi) is 5.22. The molecule has 0 aliphatic rings. The second kappa shape index (κ2) is 7.74. The van der Waals surface area contributed by atoms with E-state index in [0.29, 0.717) is 23.6 Å². The van der Waals surface area contributed by atoms with Crippen LogP contribution in [0.2, 0.25) is 0 Å². The third kappa shape index (κ3) is 3.54. The fraction of sp³-hybridized carbons (Fsp3) is 0.200. The van der Waals surface area contributed by atoms with Crippen LogP contribution < -0.4 is 14.8 Å². The lowest BCUT2D eigenvalue weighted by Crippen LogP contribution is -2.23. The van der Waals surface area contributed by atoms with Crippen molar-refractivity contribution in [3.8, 4) is 17.2 Å². The molecule has 0 unspecified atom stereocenters. The average molecular weight is 351 g/mol. The summed E-state index contributed by atoms with van der Waals surface area (Å²) in [6.45, 7) is 2.23. The van der Waals surface area contributed by atoms with Gasteiger partial charge < -0.3 is 14.8 Å². The Bertz CT molecular complexity index is 904. The number of rotatable bonds is 6. The average Bonchev–Trinajstić information content (AvgIpc) is 3.08. The normalized spacial score (nSPS) is 10.4. The smallest absolute Gasteiger partial charge is 0.255 e. The molecule has 2 aromatic carbocycles. The lowest BCUT2D eigenvalue weighted by atomic mass is 10.1. The molecule has 3 aromatic rings. The third-order valence-corrected chi connectivity index (χ3v) is 4.19. The minimum Gasteiger partial charge on any atom is -0.497 e. The van der Waals surface area contributed by atoms with Gasteiger partial charge in [-0.3, -0.25) is 4.79 Å². The summed E-state index contributed by atoms with van der Waals surface area (Å²) in [7, 11) is 3.19. The molecule has 3 rings (SSSR count). The zero-order valence-corrected chi connectivity index (χ0v) is 15.0. The van der Waals surface area contributed by atoms with Gasteiger partial charge in [-0.25, -0.2) is 4.68 Å². The van der Waals surface area contributed by atoms with Crippen LogP contribution in [0.25, 0.3) is 5.69 Å². The zero-order valence-electron chi connectivity index (χ0n) is 15.0. The first-order chi connectivity index (χ1) is 12.6. The molecule has 0 fully saturated rings. The first-order valence-corrected chi connectivity index (χ1v) is 8.23. The summed E-state index contributed by atoms with van der Waals surface area (Å²) in [4.78, 5) is 12.6. The van der Waals surface area contributed by atoms with Crippen LogP contribution in [0.3, 0.4) is 0 Å². The van der Waals surface area contributed by atoms with Crippen molar-refractivity contribution in [1.82, 2.24) is 15.1 Å². The molecule has 0 aliphatic carbocycles. The number of ether oxygens (including phenoxy) is 2. The molecular formula is C20H21N3O3. The minimum absolute atomic E-state index is 0.178. The predicted octanol–water partition coefficient (Wildman–Crippen LogP) is 3.13. The van der Waals surface area contributed by atoms with E-state index in [0.717, 1.165) is 16.9 Å². The SMILES string of the molecule is COc1ccc(CNC(=O)c2cnn(-c3ccccc3)c2C)c(OC)c1. The van der Waals surface area contributed by atoms with E-state index in [2.05, 4.69) is 10.4 Å². The molecule has 1 N–H and O–H groups in total. The van der Waals surface area contributed by atoms with Crippen LogP contribution in [0.5, 0.6) is 11.5 Å². The Morgan fingerprint density at radius 2 is 1.88 bits per heavy atom. The fourth-order valence-electron chi connectivity index (χ4n) is 2.73. The Morgan fingerprint density at radius 1 is 1.12 bits per heavy atom. The van der Waals surface area contributed by atoms with E-state index in [-0.39, 0.29) is 5.91 Å². The number of benzene rings is 2. The van der Waals surface area contributed by atoms with Gasteiger partial charge in [-0.2, -0.15) is 5.10 Å². The number of methoxy groups -OCH3 is 2. The first-order valence-electron chi connectivity index (χ1n) is 8.23. The third-order valence-electron chi connectivity index (χ3n) is 4.19. The van der Waals surface area contributed by atoms with E-state index < -0.39 is 0 Å². The van der Waals surface area contributed by atoms with Gasteiger partial charge >= 0.3 is 0 Å². The zero-order chi connectivity index (χ0) is 18.5. The molecule has 6 nitrogen and oxygen atoms in total. The van der Waals surface area contributed by atoms with Crippen LogP contribution in [-0.2, 0) is 6.54 Å². The van der Waals surface area contributed by atoms with Crippen LogP contribution in [0, 0.1) is 6.92 Å². The summed E-state index contributed by atoms with van der Waals surface area (Å²) in [6.07, 6.45) is 1.59.